The molecule has 0 spiro atoms. The fraction of sp³-hybridized carbons (Fsp3) is 0.286. The molecule has 0 atom stereocenters. The Morgan fingerprint density at radius 3 is 2.83 bits per heavy atom. The third kappa shape index (κ3) is 2.88. The van der Waals surface area contributed by atoms with E-state index in [9.17, 15) is 4.79 Å². The number of methoxy groups -OCH3 is 1. The van der Waals surface area contributed by atoms with Crippen molar-refractivity contribution in [3.63, 3.8) is 0 Å². The van der Waals surface area contributed by atoms with Crippen molar-refractivity contribution in [2.75, 3.05) is 25.9 Å². The number of nitrogens with two attached hydrogens (primary N) is 1. The molecule has 1 amide bonds. The molecule has 0 saturated carbocycles. The molecule has 8 nitrogen and oxygen atoms in total. The van der Waals surface area contributed by atoms with Crippen molar-refractivity contribution in [1.29, 1.82) is 0 Å². The molecule has 8 heteroatoms. The Balaban J connectivity index is 1.57. The number of piperidine rings is 1. The van der Waals surface area contributed by atoms with Crippen LogP contribution in [0.4, 0.5) is 10.6 Å². The molecule has 148 valence electrons. The minimum Gasteiger partial charge on any atom is -0.453 e. The normalized spacial score (nSPS) is 15.3. The molecule has 0 bridgehead atoms. The number of carbonyl (C=O) groups excluding carboxylic acids is 1. The molecule has 1 aromatic carbocycles. The molecule has 1 fully saturated rings. The standard InChI is InChI=1S/C21H22N6O2/c1-29-21(28)26-9-6-13(7-10-26)20-25-17(18-19(22)23-8-11-27(18)20)16-12-14-4-2-3-5-15(14)24-16/h2-5,8,11-13,24H,6-7,9-10H2,1H3,(H2,22,23). The summed E-state index contributed by atoms with van der Waals surface area (Å²) in [7, 11) is 1.42. The molecular weight excluding hydrogens is 368 g/mol. The van der Waals surface area contributed by atoms with Crippen molar-refractivity contribution < 1.29 is 9.53 Å². The maximum absolute atomic E-state index is 11.8. The van der Waals surface area contributed by atoms with Crippen LogP contribution in [0.15, 0.2) is 42.7 Å². The second-order valence-corrected chi connectivity index (χ2v) is 7.35. The molecule has 4 aromatic rings. The first kappa shape index (κ1) is 17.5. The number of hydrogen-bond donors (Lipinski definition) is 2. The van der Waals surface area contributed by atoms with Gasteiger partial charge in [0.1, 0.15) is 22.9 Å². The number of likely N-dealkylation sites (tertiary alicyclic amines) is 1. The van der Waals surface area contributed by atoms with Crippen LogP contribution in [0.5, 0.6) is 0 Å². The Morgan fingerprint density at radius 2 is 2.07 bits per heavy atom. The Labute approximate surface area is 167 Å². The van der Waals surface area contributed by atoms with Gasteiger partial charge in [0.2, 0.25) is 0 Å². The molecule has 0 aliphatic carbocycles. The van der Waals surface area contributed by atoms with Crippen LogP contribution >= 0.6 is 0 Å². The second-order valence-electron chi connectivity index (χ2n) is 7.35. The van der Waals surface area contributed by atoms with E-state index < -0.39 is 0 Å². The number of imidazole rings is 1. The number of rotatable bonds is 2. The number of aromatic amines is 1. The fourth-order valence-electron chi connectivity index (χ4n) is 4.21. The zero-order chi connectivity index (χ0) is 20.0. The largest absolute Gasteiger partial charge is 0.453 e. The van der Waals surface area contributed by atoms with Crippen molar-refractivity contribution >= 4 is 28.3 Å². The van der Waals surface area contributed by atoms with Gasteiger partial charge in [-0.15, -0.1) is 0 Å². The van der Waals surface area contributed by atoms with E-state index in [2.05, 4.69) is 22.1 Å². The van der Waals surface area contributed by atoms with E-state index in [1.54, 1.807) is 11.1 Å². The fourth-order valence-corrected chi connectivity index (χ4v) is 4.21. The van der Waals surface area contributed by atoms with Gasteiger partial charge in [0.05, 0.1) is 12.8 Å². The summed E-state index contributed by atoms with van der Waals surface area (Å²) in [6, 6.07) is 10.2. The van der Waals surface area contributed by atoms with Crippen LogP contribution in [0, 0.1) is 0 Å². The third-order valence-corrected chi connectivity index (χ3v) is 5.69. The molecule has 0 unspecified atom stereocenters. The Kier molecular flexibility index (Phi) is 4.12. The van der Waals surface area contributed by atoms with Crippen LogP contribution in [0.3, 0.4) is 0 Å². The third-order valence-electron chi connectivity index (χ3n) is 5.69. The summed E-state index contributed by atoms with van der Waals surface area (Å²) in [5.41, 5.74) is 9.84. The van der Waals surface area contributed by atoms with E-state index in [1.165, 1.54) is 7.11 Å². The molecule has 1 saturated heterocycles. The Bertz CT molecular complexity index is 1170. The van der Waals surface area contributed by atoms with Crippen molar-refractivity contribution in [1.82, 2.24) is 24.3 Å². The lowest BCUT2D eigenvalue weighted by molar-refractivity contribution is 0.111. The van der Waals surface area contributed by atoms with Gasteiger partial charge in [0.15, 0.2) is 0 Å². The number of nitrogen functional groups attached to an aromatic ring is 1. The van der Waals surface area contributed by atoms with Crippen molar-refractivity contribution in [2.24, 2.45) is 0 Å². The van der Waals surface area contributed by atoms with Gasteiger partial charge in [-0.05, 0) is 25.0 Å². The van der Waals surface area contributed by atoms with Gasteiger partial charge in [-0.2, -0.15) is 0 Å². The first-order valence-electron chi connectivity index (χ1n) is 9.69. The number of nitrogens with zero attached hydrogens (tertiary/aromatic N) is 4. The summed E-state index contributed by atoms with van der Waals surface area (Å²) in [5.74, 6) is 1.63. The zero-order valence-corrected chi connectivity index (χ0v) is 16.1. The van der Waals surface area contributed by atoms with Gasteiger partial charge < -0.3 is 20.4 Å². The number of fused-ring (bicyclic) bond motifs is 2. The summed E-state index contributed by atoms with van der Waals surface area (Å²) >= 11 is 0. The summed E-state index contributed by atoms with van der Waals surface area (Å²) in [6.45, 7) is 1.29. The van der Waals surface area contributed by atoms with Gasteiger partial charge >= 0.3 is 6.09 Å². The van der Waals surface area contributed by atoms with Crippen LogP contribution in [0.25, 0.3) is 27.8 Å². The first-order chi connectivity index (χ1) is 14.2. The number of anilines is 1. The molecule has 3 N–H and O–H groups in total. The maximum atomic E-state index is 11.8. The first-order valence-corrected chi connectivity index (χ1v) is 9.69. The van der Waals surface area contributed by atoms with E-state index in [0.29, 0.717) is 18.9 Å². The van der Waals surface area contributed by atoms with Crippen molar-refractivity contribution in [3.8, 4) is 11.4 Å². The highest BCUT2D eigenvalue weighted by atomic mass is 16.5. The quantitative estimate of drug-likeness (QED) is 0.546. The molecule has 3 aromatic heterocycles. The monoisotopic (exact) mass is 390 g/mol. The lowest BCUT2D eigenvalue weighted by Gasteiger charge is -2.30. The number of H-pyrrole nitrogens is 1. The van der Waals surface area contributed by atoms with Crippen LogP contribution in [-0.4, -0.2) is 50.5 Å². The minimum absolute atomic E-state index is 0.225. The van der Waals surface area contributed by atoms with E-state index in [-0.39, 0.29) is 12.0 Å². The van der Waals surface area contributed by atoms with Crippen LogP contribution < -0.4 is 5.73 Å². The predicted octanol–water partition coefficient (Wildman–Crippen LogP) is 3.41. The summed E-state index contributed by atoms with van der Waals surface area (Å²) < 4.78 is 6.89. The number of nitrogens with one attached hydrogen (secondary N) is 1. The number of amides is 1. The molecule has 4 heterocycles. The average Bonchev–Trinajstić information content (AvgIpc) is 3.35. The molecule has 1 aliphatic heterocycles. The molecular formula is C21H22N6O2. The van der Waals surface area contributed by atoms with Gasteiger partial charge in [0, 0.05) is 42.3 Å². The van der Waals surface area contributed by atoms with E-state index in [4.69, 9.17) is 15.5 Å². The average molecular weight is 390 g/mol. The SMILES string of the molecule is COC(=O)N1CCC(c2nc(-c3cc4ccccc4[nH]3)c3c(N)nccn23)CC1. The predicted molar refractivity (Wildman–Crippen MR) is 111 cm³/mol. The Hall–Kier alpha value is -3.55. The summed E-state index contributed by atoms with van der Waals surface area (Å²) in [4.78, 5) is 26.3. The van der Waals surface area contributed by atoms with E-state index >= 15 is 0 Å². The van der Waals surface area contributed by atoms with Gasteiger partial charge in [-0.25, -0.2) is 14.8 Å². The van der Waals surface area contributed by atoms with Crippen LogP contribution in [-0.2, 0) is 4.74 Å². The number of aromatic nitrogens is 4. The second kappa shape index (κ2) is 6.80. The lowest BCUT2D eigenvalue weighted by Crippen LogP contribution is -2.38. The highest BCUT2D eigenvalue weighted by molar-refractivity contribution is 5.91. The van der Waals surface area contributed by atoms with E-state index in [1.807, 2.05) is 28.8 Å². The highest BCUT2D eigenvalue weighted by Gasteiger charge is 2.29. The number of benzene rings is 1. The van der Waals surface area contributed by atoms with Gasteiger partial charge in [-0.1, -0.05) is 18.2 Å². The number of carbonyl (C=O) groups is 1. The smallest absolute Gasteiger partial charge is 0.409 e. The van der Waals surface area contributed by atoms with Crippen molar-refractivity contribution in [3.05, 3.63) is 48.5 Å². The number of hydrogen-bond acceptors (Lipinski definition) is 5. The topological polar surface area (TPSA) is 102 Å². The minimum atomic E-state index is -0.274. The van der Waals surface area contributed by atoms with Gasteiger partial charge in [0.25, 0.3) is 0 Å². The number of ether oxygens (including phenoxy) is 1. The van der Waals surface area contributed by atoms with Crippen LogP contribution in [0.1, 0.15) is 24.6 Å². The van der Waals surface area contributed by atoms with Gasteiger partial charge in [-0.3, -0.25) is 4.40 Å². The van der Waals surface area contributed by atoms with E-state index in [0.717, 1.165) is 46.5 Å². The maximum Gasteiger partial charge on any atom is 0.409 e. The zero-order valence-electron chi connectivity index (χ0n) is 16.1. The highest BCUT2D eigenvalue weighted by Crippen LogP contribution is 2.35. The molecule has 1 aliphatic rings. The number of para-hydroxylation sites is 1. The lowest BCUT2D eigenvalue weighted by atomic mass is 9.96. The summed E-state index contributed by atoms with van der Waals surface area (Å²) in [6.07, 6.45) is 4.98. The molecule has 29 heavy (non-hydrogen) atoms. The van der Waals surface area contributed by atoms with Crippen LogP contribution in [0.2, 0.25) is 0 Å². The Morgan fingerprint density at radius 1 is 1.28 bits per heavy atom. The summed E-state index contributed by atoms with van der Waals surface area (Å²) in [5, 5.41) is 1.12. The molecule has 5 rings (SSSR count). The molecule has 0 radical (unpaired) electrons. The van der Waals surface area contributed by atoms with Crippen molar-refractivity contribution in [2.45, 2.75) is 18.8 Å².